The van der Waals surface area contributed by atoms with Crippen LogP contribution in [-0.2, 0) is 134 Å². The summed E-state index contributed by atoms with van der Waals surface area (Å²) in [4.78, 5) is 124. The monoisotopic (exact) mass is 2080 g/mol. The van der Waals surface area contributed by atoms with Gasteiger partial charge in [0.25, 0.3) is 5.54 Å². The first-order chi connectivity index (χ1) is 52.9. The molecule has 121 heavy (non-hydrogen) atoms. The Labute approximate surface area is 752 Å². The molecule has 0 aliphatic carbocycles. The summed E-state index contributed by atoms with van der Waals surface area (Å²) < 4.78 is 137. The molecule has 6 unspecified atom stereocenters. The van der Waals surface area contributed by atoms with Crippen molar-refractivity contribution in [2.24, 2.45) is 10.7 Å². The highest BCUT2D eigenvalue weighted by atomic mass is 79.9. The first-order valence-electron chi connectivity index (χ1n) is 37.6. The lowest BCUT2D eigenvalue weighted by molar-refractivity contribution is -0.164. The third-order valence-electron chi connectivity index (χ3n) is 12.5. The molecule has 730 valence electrons. The van der Waals surface area contributed by atoms with Crippen molar-refractivity contribution in [1.82, 2.24) is 0 Å². The molecule has 6 atom stereocenters. The van der Waals surface area contributed by atoms with E-state index in [1.807, 2.05) is 6.92 Å². The van der Waals surface area contributed by atoms with Crippen molar-refractivity contribution >= 4 is 180 Å². The van der Waals surface area contributed by atoms with Gasteiger partial charge in [0.2, 0.25) is 36.8 Å². The predicted molar refractivity (Wildman–Crippen MR) is 512 cm³/mol. The molecule has 35 nitrogen and oxygen atoms in total. The number of carbonyl (C=O) groups excluding carboxylic acids is 7. The van der Waals surface area contributed by atoms with E-state index in [2.05, 4.69) is 127 Å². The van der Waals surface area contributed by atoms with E-state index in [9.17, 15) is 75.8 Å². The lowest BCUT2D eigenvalue weighted by atomic mass is 9.97. The molecular formula is C73H165Br2N2O33P7Si4. The minimum Gasteiger partial charge on any atom is -0.487 e. The standard InChI is InChI=1S/C18H32NO9P.C11H27O4PSi2.C9H18BrO4P.C9H17O4P.C7H14BrO4P.C7H14NO6P.C6H19O2PSi2.6CH4/c1-6-25-15(20)10-12-29(23,28-9-4)13-11-18(19-14-24-5,16(21)26-7-2)17(22)27-8-3;1-8-13-11(12)9-10-16(14-17(2,3)4)15-18(5,6)7;1-3-13-9(11)5-7-15(12,8-6-10)14-4-2;1-4-12-9(10)7-8-14(11,6-3)13-5-2;1-2-12-7(9)3-5-13(10,11)6-4-8;8-5(7(11)12)1-3-15(13,14)4-2-6(9)10;1-10(2,3)7-9-8-11(4,5)6;;;;;;/h14H,6-13H2,1-5H3;8-10H2,1-7H3;3-8H2,1-2H3;6H,3-5,7-8H2,1-2H3;2-6H2,1H3,(H,10,11);5H,1-4,8H2,(H,9,10)(H,11,12)(H,13,14);9H,1-6H3;6*1H4. The molecule has 0 saturated carbocycles. The maximum absolute atomic E-state index is 13.2. The number of esters is 7. The fraction of sp³-hybridized carbons (Fsp3) is 0.836. The maximum Gasteiger partial charge on any atom is 0.345 e. The highest BCUT2D eigenvalue weighted by molar-refractivity contribution is 9.09. The van der Waals surface area contributed by atoms with Gasteiger partial charge in [-0.15, -0.1) is 0 Å². The zero-order valence-electron chi connectivity index (χ0n) is 72.2. The molecule has 6 N–H and O–H groups in total. The van der Waals surface area contributed by atoms with Gasteiger partial charge in [0.15, 0.2) is 39.7 Å². The number of halogens is 2. The van der Waals surface area contributed by atoms with Crippen LogP contribution in [0, 0.1) is 0 Å². The molecule has 0 aromatic heterocycles. The summed E-state index contributed by atoms with van der Waals surface area (Å²) in [7, 11) is -20.9. The van der Waals surface area contributed by atoms with Crippen molar-refractivity contribution < 1.29 is 154 Å². The second-order valence-electron chi connectivity index (χ2n) is 27.5. The normalized spacial score (nSPS) is 13.6. The van der Waals surface area contributed by atoms with Crippen LogP contribution in [-0.4, -0.2) is 270 Å². The van der Waals surface area contributed by atoms with Crippen LogP contribution in [0.2, 0.25) is 78.6 Å². The Morgan fingerprint density at radius 3 is 1.07 bits per heavy atom. The quantitative estimate of drug-likeness (QED) is 0.00552. The van der Waals surface area contributed by atoms with Gasteiger partial charge in [-0.25, -0.2) is 14.6 Å². The zero-order valence-corrected chi connectivity index (χ0v) is 85.8. The van der Waals surface area contributed by atoms with Crippen LogP contribution < -0.4 is 5.73 Å². The Hall–Kier alpha value is -2.12. The van der Waals surface area contributed by atoms with Crippen molar-refractivity contribution in [3.05, 3.63) is 12.4 Å². The summed E-state index contributed by atoms with van der Waals surface area (Å²) in [5.41, 5.74) is 3.05. The van der Waals surface area contributed by atoms with Crippen molar-refractivity contribution in [2.75, 3.05) is 145 Å². The number of carbonyl (C=O) groups is 9. The molecule has 0 spiro atoms. The van der Waals surface area contributed by atoms with Crippen molar-refractivity contribution in [3.8, 4) is 0 Å². The minimum absolute atomic E-state index is 0. The second kappa shape index (κ2) is 82.3. The lowest BCUT2D eigenvalue weighted by Gasteiger charge is -2.30. The molecule has 0 aromatic carbocycles. The summed E-state index contributed by atoms with van der Waals surface area (Å²) in [5, 5.41) is 17.8. The van der Waals surface area contributed by atoms with Gasteiger partial charge in [0.1, 0.15) is 23.5 Å². The fourth-order valence-corrected chi connectivity index (χ4v) is 27.4. The van der Waals surface area contributed by atoms with Crippen molar-refractivity contribution in [3.63, 3.8) is 0 Å². The van der Waals surface area contributed by atoms with E-state index >= 15 is 0 Å². The number of nitrogens with two attached hydrogens (primary N) is 1. The molecule has 48 heteroatoms. The molecule has 0 saturated heterocycles. The van der Waals surface area contributed by atoms with Crippen LogP contribution in [0.5, 0.6) is 0 Å². The lowest BCUT2D eigenvalue weighted by Crippen LogP contribution is -2.48. The summed E-state index contributed by atoms with van der Waals surface area (Å²) in [6.07, 6.45) is 1.50. The van der Waals surface area contributed by atoms with Gasteiger partial charge in [0, 0.05) is 78.7 Å². The number of alkyl halides is 2. The molecule has 0 aromatic rings. The van der Waals surface area contributed by atoms with E-state index in [0.717, 1.165) is 6.40 Å². The molecular weight excluding hydrogens is 1920 g/mol. The SMILES string of the molecule is C.C.C.C.C.C.C=CP(=O)(CCC(=O)OCC)OCC.CCOC(=O)CCP(=O)(CCBr)OCC.CCOC(=O)CCP(=O)(CCC(N=COC)(C(=O)OCC)C(=O)OCC)OCC.CCOC(=O)CCP(=O)(O)CCBr.CCOC(=O)CCP(O[Si](C)(C)C)O[Si](C)(C)C.C[Si](C)(C)OPO[Si](C)(C)C.NC(CCP(=O)(O)CCC(=O)O)C(=O)O. The second-order valence-corrected chi connectivity index (χ2v) is 63.6. The van der Waals surface area contributed by atoms with Gasteiger partial charge < -0.3 is 94.1 Å². The van der Waals surface area contributed by atoms with Crippen LogP contribution in [0.3, 0.4) is 0 Å². The first-order valence-corrected chi connectivity index (χ1v) is 65.6. The van der Waals surface area contributed by atoms with Gasteiger partial charge in [-0.05, 0) is 160 Å². The number of hydrogen-bond acceptors (Lipinski definition) is 31. The van der Waals surface area contributed by atoms with E-state index in [0.29, 0.717) is 69.0 Å². The van der Waals surface area contributed by atoms with Crippen LogP contribution >= 0.6 is 86.1 Å². The fourth-order valence-electron chi connectivity index (χ4n) is 7.41. The van der Waals surface area contributed by atoms with E-state index in [1.165, 1.54) is 12.9 Å². The number of rotatable bonds is 55. The van der Waals surface area contributed by atoms with Gasteiger partial charge in [-0.2, -0.15) is 0 Å². The van der Waals surface area contributed by atoms with Gasteiger partial charge >= 0.3 is 53.7 Å². The third-order valence-corrected chi connectivity index (χ3v) is 37.6. The Kier molecular flexibility index (Phi) is 100. The third kappa shape index (κ3) is 95.3. The smallest absolute Gasteiger partial charge is 0.345 e. The largest absolute Gasteiger partial charge is 0.487 e. The number of carboxylic acids is 2. The summed E-state index contributed by atoms with van der Waals surface area (Å²) in [6, 6.07) is -1.18. The molecule has 0 heterocycles. The predicted octanol–water partition coefficient (Wildman–Crippen LogP) is 19.3. The first kappa shape index (κ1) is 147. The summed E-state index contributed by atoms with van der Waals surface area (Å²) in [5.74, 6) is -4.75. The zero-order chi connectivity index (χ0) is 91.0. The Morgan fingerprint density at radius 2 is 0.777 bits per heavy atom. The van der Waals surface area contributed by atoms with E-state index in [-0.39, 0.29) is 186 Å². The van der Waals surface area contributed by atoms with Crippen molar-refractivity contribution in [2.45, 2.75) is 255 Å². The summed E-state index contributed by atoms with van der Waals surface area (Å²) >= 11 is 6.30. The van der Waals surface area contributed by atoms with Crippen molar-refractivity contribution in [1.29, 1.82) is 0 Å². The molecule has 0 aliphatic rings. The number of aliphatic imine (C=N–C) groups is 1. The van der Waals surface area contributed by atoms with Crippen LogP contribution in [0.25, 0.3) is 0 Å². The molecule has 0 rings (SSSR count). The molecule has 0 amide bonds. The van der Waals surface area contributed by atoms with Gasteiger partial charge in [0.05, 0.1) is 112 Å². The van der Waals surface area contributed by atoms with Gasteiger partial charge in [-0.1, -0.05) is 83.0 Å². The van der Waals surface area contributed by atoms with Crippen LogP contribution in [0.15, 0.2) is 17.4 Å². The number of carboxylic acid groups (broad SMARTS) is 2. The number of hydrogen-bond donors (Lipinski definition) is 5. The topological polar surface area (TPSA) is 497 Å². The highest BCUT2D eigenvalue weighted by Crippen LogP contribution is 2.51. The molecule has 0 bridgehead atoms. The average Bonchev–Trinajstić information content (AvgIpc) is 0.799. The molecule has 0 radical (unpaired) electrons. The number of nitrogens with zero attached hydrogens (tertiary/aromatic N) is 1. The maximum atomic E-state index is 13.2. The Balaban J connectivity index is -0.000000104. The molecule has 0 fully saturated rings. The Morgan fingerprint density at radius 1 is 0.455 bits per heavy atom. The number of methoxy groups -OCH3 is 1. The molecule has 0 aliphatic heterocycles. The van der Waals surface area contributed by atoms with E-state index in [4.69, 9.17) is 79.5 Å². The Bertz CT molecular complexity index is 2970. The minimum atomic E-state index is -3.56. The van der Waals surface area contributed by atoms with E-state index < -0.39 is 132 Å². The number of ether oxygens (including phenoxy) is 8. The highest BCUT2D eigenvalue weighted by Gasteiger charge is 2.50. The van der Waals surface area contributed by atoms with E-state index in [1.54, 1.807) is 62.3 Å². The summed E-state index contributed by atoms with van der Waals surface area (Å²) in [6.45, 7) is 48.9. The van der Waals surface area contributed by atoms with Crippen LogP contribution in [0.1, 0.15) is 165 Å². The number of aliphatic carboxylic acids is 2. The average molecular weight is 2090 g/mol. The van der Waals surface area contributed by atoms with Crippen LogP contribution in [0.4, 0.5) is 0 Å². The van der Waals surface area contributed by atoms with Gasteiger partial charge in [-0.3, -0.25) is 56.4 Å².